The lowest BCUT2D eigenvalue weighted by Gasteiger charge is -2.35. The van der Waals surface area contributed by atoms with E-state index in [0.717, 1.165) is 38.2 Å². The smallest absolute Gasteiger partial charge is 0.124 e. The predicted octanol–water partition coefficient (Wildman–Crippen LogP) is 3.92. The Labute approximate surface area is 129 Å². The molecule has 1 aromatic rings. The fraction of sp³-hybridized carbons (Fsp3) is 0.667. The first-order chi connectivity index (χ1) is 10.0. The fourth-order valence-corrected chi connectivity index (χ4v) is 3.48. The second kappa shape index (κ2) is 6.80. The van der Waals surface area contributed by atoms with E-state index in [4.69, 9.17) is 9.47 Å². The maximum atomic E-state index is 6.10. The lowest BCUT2D eigenvalue weighted by molar-refractivity contribution is -0.0125. The summed E-state index contributed by atoms with van der Waals surface area (Å²) in [4.78, 5) is 0. The molecule has 0 amide bonds. The lowest BCUT2D eigenvalue weighted by Crippen LogP contribution is -2.41. The van der Waals surface area contributed by atoms with Crippen molar-refractivity contribution in [3.8, 4) is 5.75 Å². The molecule has 0 aliphatic carbocycles. The van der Waals surface area contributed by atoms with Crippen LogP contribution in [0, 0.1) is 13.8 Å². The van der Waals surface area contributed by atoms with Crippen molar-refractivity contribution in [1.82, 2.24) is 5.32 Å². The highest BCUT2D eigenvalue weighted by molar-refractivity contribution is 5.44. The minimum Gasteiger partial charge on any atom is -0.496 e. The van der Waals surface area contributed by atoms with Crippen molar-refractivity contribution in [3.05, 3.63) is 28.8 Å². The summed E-state index contributed by atoms with van der Waals surface area (Å²) in [5, 5.41) is 3.69. The third-order valence-electron chi connectivity index (χ3n) is 4.48. The molecule has 118 valence electrons. The van der Waals surface area contributed by atoms with E-state index in [9.17, 15) is 0 Å². The topological polar surface area (TPSA) is 30.5 Å². The summed E-state index contributed by atoms with van der Waals surface area (Å²) in [7, 11) is 1.74. The quantitative estimate of drug-likeness (QED) is 0.861. The SMILES string of the molecule is CCCNC(c1cc(C)c(OC)c(C)c1)C1(C)CCCO1. The highest BCUT2D eigenvalue weighted by Crippen LogP contribution is 2.39. The monoisotopic (exact) mass is 291 g/mol. The molecule has 1 fully saturated rings. The van der Waals surface area contributed by atoms with Crippen LogP contribution in [0.15, 0.2) is 12.1 Å². The number of benzene rings is 1. The van der Waals surface area contributed by atoms with Crippen LogP contribution < -0.4 is 10.1 Å². The van der Waals surface area contributed by atoms with Gasteiger partial charge in [-0.2, -0.15) is 0 Å². The molecule has 3 nitrogen and oxygen atoms in total. The molecular formula is C18H29NO2. The van der Waals surface area contributed by atoms with Gasteiger partial charge in [0.15, 0.2) is 0 Å². The Hall–Kier alpha value is -1.06. The van der Waals surface area contributed by atoms with Crippen molar-refractivity contribution >= 4 is 0 Å². The molecule has 0 spiro atoms. The number of ether oxygens (including phenoxy) is 2. The van der Waals surface area contributed by atoms with E-state index >= 15 is 0 Å². The maximum absolute atomic E-state index is 6.10. The standard InChI is InChI=1S/C18H29NO2/c1-6-9-19-17(18(4)8-7-10-21-18)15-11-13(2)16(20-5)14(3)12-15/h11-12,17,19H,6-10H2,1-5H3. The average Bonchev–Trinajstić information content (AvgIpc) is 2.86. The summed E-state index contributed by atoms with van der Waals surface area (Å²) in [5.41, 5.74) is 3.58. The number of methoxy groups -OCH3 is 1. The van der Waals surface area contributed by atoms with E-state index in [0.29, 0.717) is 0 Å². The fourth-order valence-electron chi connectivity index (χ4n) is 3.48. The van der Waals surface area contributed by atoms with Gasteiger partial charge in [0.2, 0.25) is 0 Å². The summed E-state index contributed by atoms with van der Waals surface area (Å²) in [6.45, 7) is 10.5. The van der Waals surface area contributed by atoms with Crippen molar-refractivity contribution in [2.24, 2.45) is 0 Å². The summed E-state index contributed by atoms with van der Waals surface area (Å²) >= 11 is 0. The van der Waals surface area contributed by atoms with Gasteiger partial charge in [-0.05, 0) is 63.3 Å². The zero-order chi connectivity index (χ0) is 15.5. The number of hydrogen-bond donors (Lipinski definition) is 1. The van der Waals surface area contributed by atoms with Crippen LogP contribution in [0.1, 0.15) is 55.8 Å². The molecule has 2 atom stereocenters. The Balaban J connectivity index is 2.36. The van der Waals surface area contributed by atoms with Crippen LogP contribution in [0.3, 0.4) is 0 Å². The zero-order valence-electron chi connectivity index (χ0n) is 14.1. The Morgan fingerprint density at radius 3 is 2.48 bits per heavy atom. The first kappa shape index (κ1) is 16.3. The molecule has 3 heteroatoms. The molecule has 1 aromatic carbocycles. The number of rotatable bonds is 6. The predicted molar refractivity (Wildman–Crippen MR) is 87.1 cm³/mol. The van der Waals surface area contributed by atoms with Crippen LogP contribution in [0.25, 0.3) is 0 Å². The minimum absolute atomic E-state index is 0.108. The van der Waals surface area contributed by atoms with Crippen LogP contribution in [-0.2, 0) is 4.74 Å². The largest absolute Gasteiger partial charge is 0.496 e. The van der Waals surface area contributed by atoms with Crippen LogP contribution in [0.2, 0.25) is 0 Å². The average molecular weight is 291 g/mol. The first-order valence-corrected chi connectivity index (χ1v) is 8.04. The van der Waals surface area contributed by atoms with Crippen molar-refractivity contribution in [2.45, 2.75) is 58.6 Å². The van der Waals surface area contributed by atoms with E-state index in [1.54, 1.807) is 7.11 Å². The Bertz CT molecular complexity index is 455. The Morgan fingerprint density at radius 2 is 2.00 bits per heavy atom. The highest BCUT2D eigenvalue weighted by Gasteiger charge is 2.39. The second-order valence-electron chi connectivity index (χ2n) is 6.34. The molecule has 1 heterocycles. The van der Waals surface area contributed by atoms with E-state index in [1.165, 1.54) is 16.7 Å². The molecule has 0 radical (unpaired) electrons. The third kappa shape index (κ3) is 3.41. The summed E-state index contributed by atoms with van der Waals surface area (Å²) in [5.74, 6) is 0.991. The van der Waals surface area contributed by atoms with Crippen LogP contribution in [-0.4, -0.2) is 25.9 Å². The Morgan fingerprint density at radius 1 is 1.33 bits per heavy atom. The molecule has 1 saturated heterocycles. The van der Waals surface area contributed by atoms with E-state index in [2.05, 4.69) is 45.1 Å². The zero-order valence-corrected chi connectivity index (χ0v) is 14.1. The first-order valence-electron chi connectivity index (χ1n) is 8.04. The van der Waals surface area contributed by atoms with E-state index in [1.807, 2.05) is 0 Å². The van der Waals surface area contributed by atoms with Gasteiger partial charge in [0, 0.05) is 6.61 Å². The van der Waals surface area contributed by atoms with E-state index in [-0.39, 0.29) is 11.6 Å². The second-order valence-corrected chi connectivity index (χ2v) is 6.34. The van der Waals surface area contributed by atoms with Gasteiger partial charge in [-0.25, -0.2) is 0 Å². The van der Waals surface area contributed by atoms with E-state index < -0.39 is 0 Å². The summed E-state index contributed by atoms with van der Waals surface area (Å²) in [6, 6.07) is 4.72. The van der Waals surface area contributed by atoms with Gasteiger partial charge < -0.3 is 14.8 Å². The summed E-state index contributed by atoms with van der Waals surface area (Å²) < 4.78 is 11.6. The molecule has 2 unspecified atom stereocenters. The molecule has 0 aromatic heterocycles. The normalized spacial score (nSPS) is 23.3. The van der Waals surface area contributed by atoms with Crippen molar-refractivity contribution in [3.63, 3.8) is 0 Å². The molecular weight excluding hydrogens is 262 g/mol. The maximum Gasteiger partial charge on any atom is 0.124 e. The Kier molecular flexibility index (Phi) is 5.28. The van der Waals surface area contributed by atoms with Gasteiger partial charge in [-0.1, -0.05) is 19.1 Å². The van der Waals surface area contributed by atoms with Crippen molar-refractivity contribution in [2.75, 3.05) is 20.3 Å². The molecule has 0 bridgehead atoms. The number of hydrogen-bond acceptors (Lipinski definition) is 3. The molecule has 1 aliphatic rings. The van der Waals surface area contributed by atoms with Gasteiger partial charge in [0.25, 0.3) is 0 Å². The minimum atomic E-state index is -0.108. The van der Waals surface area contributed by atoms with Gasteiger partial charge in [0.1, 0.15) is 5.75 Å². The molecule has 0 saturated carbocycles. The van der Waals surface area contributed by atoms with Crippen LogP contribution in [0.5, 0.6) is 5.75 Å². The van der Waals surface area contributed by atoms with Crippen LogP contribution >= 0.6 is 0 Å². The van der Waals surface area contributed by atoms with Crippen molar-refractivity contribution < 1.29 is 9.47 Å². The van der Waals surface area contributed by atoms with Crippen molar-refractivity contribution in [1.29, 1.82) is 0 Å². The van der Waals surface area contributed by atoms with Crippen LogP contribution in [0.4, 0.5) is 0 Å². The number of nitrogens with one attached hydrogen (secondary N) is 1. The van der Waals surface area contributed by atoms with Gasteiger partial charge >= 0.3 is 0 Å². The van der Waals surface area contributed by atoms with Gasteiger partial charge in [-0.3, -0.25) is 0 Å². The molecule has 1 aliphatic heterocycles. The molecule has 1 N–H and O–H groups in total. The van der Waals surface area contributed by atoms with Gasteiger partial charge in [-0.15, -0.1) is 0 Å². The lowest BCUT2D eigenvalue weighted by atomic mass is 9.86. The molecule has 2 rings (SSSR count). The third-order valence-corrected chi connectivity index (χ3v) is 4.48. The van der Waals surface area contributed by atoms with Gasteiger partial charge in [0.05, 0.1) is 18.8 Å². The number of aryl methyl sites for hydroxylation is 2. The summed E-state index contributed by atoms with van der Waals surface area (Å²) in [6.07, 6.45) is 3.38. The highest BCUT2D eigenvalue weighted by atomic mass is 16.5. The molecule has 21 heavy (non-hydrogen) atoms.